The maximum atomic E-state index is 12.8. The highest BCUT2D eigenvalue weighted by Crippen LogP contribution is 2.27. The second-order valence-electron chi connectivity index (χ2n) is 5.81. The van der Waals surface area contributed by atoms with Gasteiger partial charge in [-0.1, -0.05) is 0 Å². The number of hydrogen-bond acceptors (Lipinski definition) is 6. The number of aromatic nitrogens is 4. The molecular weight excluding hydrogens is 325 g/mol. The van der Waals surface area contributed by atoms with Gasteiger partial charge >= 0.3 is 6.18 Å². The second kappa shape index (κ2) is 6.52. The molecule has 1 N–H and O–H groups in total. The van der Waals surface area contributed by atoms with E-state index in [9.17, 15) is 13.2 Å². The predicted molar refractivity (Wildman–Crippen MR) is 80.9 cm³/mol. The van der Waals surface area contributed by atoms with E-state index in [2.05, 4.69) is 32.2 Å². The van der Waals surface area contributed by atoms with Crippen molar-refractivity contribution in [2.24, 2.45) is 0 Å². The number of nitrogens with one attached hydrogen (secondary N) is 1. The molecule has 0 aromatic carbocycles. The van der Waals surface area contributed by atoms with E-state index < -0.39 is 12.0 Å². The van der Waals surface area contributed by atoms with Crippen LogP contribution in [0.2, 0.25) is 0 Å². The van der Waals surface area contributed by atoms with Gasteiger partial charge in [0, 0.05) is 37.4 Å². The molecule has 0 aliphatic carbocycles. The Kier molecular flexibility index (Phi) is 4.59. The van der Waals surface area contributed by atoms with Crippen molar-refractivity contribution in [2.75, 3.05) is 38.2 Å². The van der Waals surface area contributed by atoms with Gasteiger partial charge in [0.1, 0.15) is 5.82 Å². The molecule has 0 spiro atoms. The van der Waals surface area contributed by atoms with Gasteiger partial charge in [0.2, 0.25) is 0 Å². The van der Waals surface area contributed by atoms with Crippen molar-refractivity contribution in [3.05, 3.63) is 17.6 Å². The summed E-state index contributed by atoms with van der Waals surface area (Å²) in [6.45, 7) is 7.41. The number of hydrogen-bond donors (Lipinski definition) is 1. The zero-order valence-electron chi connectivity index (χ0n) is 13.5. The third-order valence-electron chi connectivity index (χ3n) is 3.94. The Labute approximate surface area is 136 Å². The highest BCUT2D eigenvalue weighted by molar-refractivity contribution is 5.45. The van der Waals surface area contributed by atoms with E-state index in [4.69, 9.17) is 4.74 Å². The number of fused-ring (bicyclic) bond motifs is 1. The minimum Gasteiger partial charge on any atom is -0.379 e. The van der Waals surface area contributed by atoms with Crippen molar-refractivity contribution in [3.8, 4) is 0 Å². The molecule has 0 bridgehead atoms. The highest BCUT2D eigenvalue weighted by Gasteiger charge is 2.36. The molecule has 1 aliphatic heterocycles. The molecule has 0 saturated carbocycles. The van der Waals surface area contributed by atoms with Gasteiger partial charge in [0.05, 0.1) is 13.2 Å². The van der Waals surface area contributed by atoms with Gasteiger partial charge in [0.25, 0.3) is 11.6 Å². The molecule has 2 aromatic heterocycles. The fourth-order valence-electron chi connectivity index (χ4n) is 2.63. The second-order valence-corrected chi connectivity index (χ2v) is 5.81. The normalized spacial score (nSPS) is 18.0. The molecule has 1 fully saturated rings. The third kappa shape index (κ3) is 3.59. The van der Waals surface area contributed by atoms with Crippen LogP contribution in [0.25, 0.3) is 5.78 Å². The van der Waals surface area contributed by atoms with Crippen LogP contribution in [0, 0.1) is 6.92 Å². The summed E-state index contributed by atoms with van der Waals surface area (Å²) < 4.78 is 44.9. The average Bonchev–Trinajstić information content (AvgIpc) is 2.97. The standard InChI is InChI=1S/C14H19F3N6O/c1-9-7-11(18-8-10(2)22-3-5-24-6-4-22)23-13(19-9)20-12(21-23)14(15,16)17/h7,10,18H,3-6,8H2,1-2H3/t10-/m0/s1. The smallest absolute Gasteiger partial charge is 0.379 e. The quantitative estimate of drug-likeness (QED) is 0.908. The zero-order valence-corrected chi connectivity index (χ0v) is 13.5. The fraction of sp³-hybridized carbons (Fsp3) is 0.643. The van der Waals surface area contributed by atoms with Gasteiger partial charge < -0.3 is 10.1 Å². The van der Waals surface area contributed by atoms with E-state index in [-0.39, 0.29) is 11.8 Å². The first kappa shape index (κ1) is 16.9. The van der Waals surface area contributed by atoms with E-state index >= 15 is 0 Å². The molecule has 132 valence electrons. The molecule has 24 heavy (non-hydrogen) atoms. The number of aryl methyl sites for hydroxylation is 1. The molecule has 0 radical (unpaired) electrons. The molecule has 10 heteroatoms. The van der Waals surface area contributed by atoms with Crippen LogP contribution in [0.5, 0.6) is 0 Å². The number of nitrogens with zero attached hydrogens (tertiary/aromatic N) is 5. The molecule has 0 unspecified atom stereocenters. The summed E-state index contributed by atoms with van der Waals surface area (Å²) in [4.78, 5) is 9.75. The SMILES string of the molecule is Cc1cc(NC[C@H](C)N2CCOCC2)n2nc(C(F)(F)F)nc2n1. The fourth-order valence-corrected chi connectivity index (χ4v) is 2.63. The van der Waals surface area contributed by atoms with Gasteiger partial charge in [-0.3, -0.25) is 4.90 Å². The van der Waals surface area contributed by atoms with Crippen LogP contribution in [0.15, 0.2) is 6.07 Å². The predicted octanol–water partition coefficient (Wildman–Crippen LogP) is 1.58. The maximum Gasteiger partial charge on any atom is 0.453 e. The molecule has 2 aromatic rings. The zero-order chi connectivity index (χ0) is 17.3. The van der Waals surface area contributed by atoms with Crippen molar-refractivity contribution in [2.45, 2.75) is 26.1 Å². The molecule has 0 amide bonds. The van der Waals surface area contributed by atoms with Gasteiger partial charge in [-0.2, -0.15) is 22.7 Å². The summed E-state index contributed by atoms with van der Waals surface area (Å²) in [6, 6.07) is 1.87. The number of rotatable bonds is 4. The largest absolute Gasteiger partial charge is 0.453 e. The van der Waals surface area contributed by atoms with Crippen molar-refractivity contribution in [3.63, 3.8) is 0 Å². The molecular formula is C14H19F3N6O. The first-order chi connectivity index (χ1) is 11.3. The van der Waals surface area contributed by atoms with Crippen LogP contribution < -0.4 is 5.32 Å². The molecule has 1 saturated heterocycles. The summed E-state index contributed by atoms with van der Waals surface area (Å²) in [7, 11) is 0. The summed E-state index contributed by atoms with van der Waals surface area (Å²) in [5, 5.41) is 6.70. The number of ether oxygens (including phenoxy) is 1. The van der Waals surface area contributed by atoms with Crippen LogP contribution >= 0.6 is 0 Å². The van der Waals surface area contributed by atoms with Crippen molar-refractivity contribution in [1.82, 2.24) is 24.5 Å². The van der Waals surface area contributed by atoms with Gasteiger partial charge in [-0.15, -0.1) is 5.10 Å². The van der Waals surface area contributed by atoms with Gasteiger partial charge in [-0.25, -0.2) is 4.98 Å². The summed E-state index contributed by atoms with van der Waals surface area (Å²) in [5.41, 5.74) is 0.574. The van der Waals surface area contributed by atoms with Crippen LogP contribution in [-0.2, 0) is 10.9 Å². The minimum absolute atomic E-state index is 0.0659. The van der Waals surface area contributed by atoms with Crippen molar-refractivity contribution >= 4 is 11.6 Å². The maximum absolute atomic E-state index is 12.8. The average molecular weight is 344 g/mol. The molecule has 1 atom stereocenters. The number of morpholine rings is 1. The Morgan fingerprint density at radius 2 is 2.00 bits per heavy atom. The Balaban J connectivity index is 1.79. The summed E-state index contributed by atoms with van der Waals surface area (Å²) >= 11 is 0. The van der Waals surface area contributed by atoms with E-state index in [1.54, 1.807) is 13.0 Å². The first-order valence-corrected chi connectivity index (χ1v) is 7.72. The van der Waals surface area contributed by atoms with E-state index in [1.807, 2.05) is 0 Å². The highest BCUT2D eigenvalue weighted by atomic mass is 19.4. The Bertz CT molecular complexity index is 710. The Morgan fingerprint density at radius 3 is 2.67 bits per heavy atom. The number of alkyl halides is 3. The van der Waals surface area contributed by atoms with Crippen LogP contribution in [0.4, 0.5) is 19.0 Å². The Morgan fingerprint density at radius 1 is 1.29 bits per heavy atom. The van der Waals surface area contributed by atoms with Crippen LogP contribution in [0.1, 0.15) is 18.4 Å². The van der Waals surface area contributed by atoms with Gasteiger partial charge in [0.15, 0.2) is 0 Å². The van der Waals surface area contributed by atoms with Crippen LogP contribution in [0.3, 0.4) is 0 Å². The Hall–Kier alpha value is -1.94. The lowest BCUT2D eigenvalue weighted by Crippen LogP contribution is -2.45. The number of anilines is 1. The van der Waals surface area contributed by atoms with E-state index in [0.29, 0.717) is 31.3 Å². The lowest BCUT2D eigenvalue weighted by molar-refractivity contribution is -0.144. The van der Waals surface area contributed by atoms with Gasteiger partial charge in [-0.05, 0) is 13.8 Å². The molecule has 3 rings (SSSR count). The third-order valence-corrected chi connectivity index (χ3v) is 3.94. The molecule has 1 aliphatic rings. The van der Waals surface area contributed by atoms with E-state index in [1.165, 1.54) is 0 Å². The number of halogens is 3. The lowest BCUT2D eigenvalue weighted by Gasteiger charge is -2.32. The topological polar surface area (TPSA) is 67.6 Å². The minimum atomic E-state index is -4.60. The lowest BCUT2D eigenvalue weighted by atomic mass is 10.2. The van der Waals surface area contributed by atoms with Crippen molar-refractivity contribution in [1.29, 1.82) is 0 Å². The first-order valence-electron chi connectivity index (χ1n) is 7.72. The summed E-state index contributed by atoms with van der Waals surface area (Å²) in [6.07, 6.45) is -4.60. The van der Waals surface area contributed by atoms with Crippen LogP contribution in [-0.4, -0.2) is 63.4 Å². The van der Waals surface area contributed by atoms with Crippen molar-refractivity contribution < 1.29 is 17.9 Å². The van der Waals surface area contributed by atoms with E-state index in [0.717, 1.165) is 17.6 Å². The monoisotopic (exact) mass is 344 g/mol. The summed E-state index contributed by atoms with van der Waals surface area (Å²) in [5.74, 6) is -0.811. The molecule has 3 heterocycles. The molecule has 7 nitrogen and oxygen atoms in total.